The first-order chi connectivity index (χ1) is 8.99. The zero-order valence-electron chi connectivity index (χ0n) is 11.0. The Morgan fingerprint density at radius 3 is 2.11 bits per heavy atom. The maximum absolute atomic E-state index is 11.2. The molecule has 0 aliphatic rings. The standard InChI is InChI=1S/C14H15NO4/c1-7-4-10(14(16)17)13(15)9-6-12(19-3)11(18-2)5-8(7)9/h4-6H,15H2,1-3H3,(H,16,17). The number of hydrogen-bond donors (Lipinski definition) is 2. The normalized spacial score (nSPS) is 10.5. The summed E-state index contributed by atoms with van der Waals surface area (Å²) >= 11 is 0. The number of fused-ring (bicyclic) bond motifs is 1. The van der Waals surface area contributed by atoms with E-state index in [9.17, 15) is 4.79 Å². The molecule has 0 saturated carbocycles. The molecule has 3 N–H and O–H groups in total. The van der Waals surface area contributed by atoms with Gasteiger partial charge in [-0.25, -0.2) is 4.79 Å². The maximum atomic E-state index is 11.2. The lowest BCUT2D eigenvalue weighted by molar-refractivity contribution is 0.0698. The fourth-order valence-electron chi connectivity index (χ4n) is 2.12. The highest BCUT2D eigenvalue weighted by Crippen LogP contribution is 2.37. The summed E-state index contributed by atoms with van der Waals surface area (Å²) in [7, 11) is 3.07. The predicted octanol–water partition coefficient (Wildman–Crippen LogP) is 2.45. The summed E-state index contributed by atoms with van der Waals surface area (Å²) in [6, 6.07) is 5.06. The van der Waals surface area contributed by atoms with Crippen LogP contribution in [0.1, 0.15) is 15.9 Å². The van der Waals surface area contributed by atoms with Crippen LogP contribution in [0.4, 0.5) is 5.69 Å². The highest BCUT2D eigenvalue weighted by Gasteiger charge is 2.16. The van der Waals surface area contributed by atoms with E-state index < -0.39 is 5.97 Å². The summed E-state index contributed by atoms with van der Waals surface area (Å²) in [5, 5.41) is 10.6. The van der Waals surface area contributed by atoms with Crippen LogP contribution in [0.15, 0.2) is 18.2 Å². The molecule has 2 rings (SSSR count). The molecule has 0 bridgehead atoms. The molecule has 2 aromatic carbocycles. The van der Waals surface area contributed by atoms with Crippen molar-refractivity contribution in [2.75, 3.05) is 20.0 Å². The van der Waals surface area contributed by atoms with Crippen molar-refractivity contribution in [3.05, 3.63) is 29.3 Å². The number of benzene rings is 2. The van der Waals surface area contributed by atoms with Gasteiger partial charge in [-0.05, 0) is 36.1 Å². The van der Waals surface area contributed by atoms with Gasteiger partial charge in [-0.2, -0.15) is 0 Å². The first-order valence-corrected chi connectivity index (χ1v) is 5.67. The number of carbonyl (C=O) groups is 1. The van der Waals surface area contributed by atoms with Gasteiger partial charge in [-0.15, -0.1) is 0 Å². The van der Waals surface area contributed by atoms with Crippen LogP contribution in [-0.2, 0) is 0 Å². The number of nitrogen functional groups attached to an aromatic ring is 1. The zero-order valence-corrected chi connectivity index (χ0v) is 11.0. The van der Waals surface area contributed by atoms with Gasteiger partial charge >= 0.3 is 5.97 Å². The fraction of sp³-hybridized carbons (Fsp3) is 0.214. The van der Waals surface area contributed by atoms with Gasteiger partial charge < -0.3 is 20.3 Å². The van der Waals surface area contributed by atoms with Crippen molar-refractivity contribution in [1.82, 2.24) is 0 Å². The largest absolute Gasteiger partial charge is 0.493 e. The number of carboxylic acid groups (broad SMARTS) is 1. The minimum absolute atomic E-state index is 0.0946. The quantitative estimate of drug-likeness (QED) is 0.829. The number of ether oxygens (including phenoxy) is 2. The van der Waals surface area contributed by atoms with Crippen molar-refractivity contribution < 1.29 is 19.4 Å². The van der Waals surface area contributed by atoms with E-state index in [1.807, 2.05) is 6.92 Å². The molecule has 0 spiro atoms. The molecule has 0 aliphatic heterocycles. The molecule has 2 aromatic rings. The Morgan fingerprint density at radius 1 is 1.11 bits per heavy atom. The molecule has 0 amide bonds. The third-order valence-electron chi connectivity index (χ3n) is 3.12. The molecule has 0 saturated heterocycles. The number of hydrogen-bond acceptors (Lipinski definition) is 4. The van der Waals surface area contributed by atoms with Crippen LogP contribution >= 0.6 is 0 Å². The van der Waals surface area contributed by atoms with Crippen molar-refractivity contribution in [2.24, 2.45) is 0 Å². The number of nitrogens with two attached hydrogens (primary N) is 1. The zero-order chi connectivity index (χ0) is 14.2. The van der Waals surface area contributed by atoms with Gasteiger partial charge in [-0.3, -0.25) is 0 Å². The molecule has 0 radical (unpaired) electrons. The molecule has 100 valence electrons. The van der Waals surface area contributed by atoms with E-state index in [0.717, 1.165) is 10.9 Å². The van der Waals surface area contributed by atoms with Gasteiger partial charge in [0.2, 0.25) is 0 Å². The molecular weight excluding hydrogens is 246 g/mol. The average Bonchev–Trinajstić information content (AvgIpc) is 2.40. The first kappa shape index (κ1) is 13.0. The number of methoxy groups -OCH3 is 2. The summed E-state index contributed by atoms with van der Waals surface area (Å²) in [6.45, 7) is 1.83. The highest BCUT2D eigenvalue weighted by atomic mass is 16.5. The Bertz CT molecular complexity index is 664. The molecule has 5 heteroatoms. The van der Waals surface area contributed by atoms with E-state index in [1.165, 1.54) is 7.11 Å². The summed E-state index contributed by atoms with van der Waals surface area (Å²) in [5.74, 6) is 0.0569. The third kappa shape index (κ3) is 2.03. The monoisotopic (exact) mass is 261 g/mol. The third-order valence-corrected chi connectivity index (χ3v) is 3.12. The van der Waals surface area contributed by atoms with Gasteiger partial charge in [0.1, 0.15) is 0 Å². The Balaban J connectivity index is 2.87. The molecule has 0 heterocycles. The summed E-state index contributed by atoms with van der Waals surface area (Å²) in [6.07, 6.45) is 0. The summed E-state index contributed by atoms with van der Waals surface area (Å²) < 4.78 is 10.4. The number of aromatic carboxylic acids is 1. The molecule has 19 heavy (non-hydrogen) atoms. The number of anilines is 1. The molecule has 5 nitrogen and oxygen atoms in total. The Labute approximate surface area is 110 Å². The highest BCUT2D eigenvalue weighted by molar-refractivity contribution is 6.07. The van der Waals surface area contributed by atoms with Gasteiger partial charge in [0.05, 0.1) is 25.5 Å². The first-order valence-electron chi connectivity index (χ1n) is 5.67. The van der Waals surface area contributed by atoms with E-state index >= 15 is 0 Å². The van der Waals surface area contributed by atoms with Crippen LogP contribution in [0.25, 0.3) is 10.8 Å². The summed E-state index contributed by atoms with van der Waals surface area (Å²) in [4.78, 5) is 11.2. The van der Waals surface area contributed by atoms with E-state index in [2.05, 4.69) is 0 Å². The minimum Gasteiger partial charge on any atom is -0.493 e. The summed E-state index contributed by atoms with van der Waals surface area (Å²) in [5.41, 5.74) is 7.07. The van der Waals surface area contributed by atoms with Crippen molar-refractivity contribution in [1.29, 1.82) is 0 Å². The van der Waals surface area contributed by atoms with E-state index in [1.54, 1.807) is 25.3 Å². The maximum Gasteiger partial charge on any atom is 0.337 e. The number of rotatable bonds is 3. The smallest absolute Gasteiger partial charge is 0.337 e. The van der Waals surface area contributed by atoms with Crippen LogP contribution in [0.2, 0.25) is 0 Å². The topological polar surface area (TPSA) is 81.8 Å². The van der Waals surface area contributed by atoms with Crippen LogP contribution < -0.4 is 15.2 Å². The molecule has 0 aliphatic carbocycles. The predicted molar refractivity (Wildman–Crippen MR) is 73.2 cm³/mol. The Morgan fingerprint density at radius 2 is 1.63 bits per heavy atom. The Hall–Kier alpha value is -2.43. The fourth-order valence-corrected chi connectivity index (χ4v) is 2.12. The molecule has 0 unspecified atom stereocenters. The van der Waals surface area contributed by atoms with Crippen LogP contribution in [0, 0.1) is 6.92 Å². The average molecular weight is 261 g/mol. The van der Waals surface area contributed by atoms with Crippen molar-refractivity contribution in [3.8, 4) is 11.5 Å². The van der Waals surface area contributed by atoms with Gasteiger partial charge in [-0.1, -0.05) is 0 Å². The van der Waals surface area contributed by atoms with Crippen molar-refractivity contribution in [3.63, 3.8) is 0 Å². The second-order valence-corrected chi connectivity index (χ2v) is 4.21. The van der Waals surface area contributed by atoms with Crippen LogP contribution in [0.5, 0.6) is 11.5 Å². The molecule has 0 fully saturated rings. The lowest BCUT2D eigenvalue weighted by Crippen LogP contribution is -2.04. The van der Waals surface area contributed by atoms with E-state index in [-0.39, 0.29) is 11.3 Å². The van der Waals surface area contributed by atoms with Crippen molar-refractivity contribution in [2.45, 2.75) is 6.92 Å². The van der Waals surface area contributed by atoms with Crippen molar-refractivity contribution >= 4 is 22.4 Å². The SMILES string of the molecule is COc1cc2c(C)cc(C(=O)O)c(N)c2cc1OC. The van der Waals surface area contributed by atoms with Gasteiger partial charge in [0.25, 0.3) is 0 Å². The van der Waals surface area contributed by atoms with E-state index in [4.69, 9.17) is 20.3 Å². The molecule has 0 atom stereocenters. The van der Waals surface area contributed by atoms with E-state index in [0.29, 0.717) is 16.9 Å². The van der Waals surface area contributed by atoms with Crippen LogP contribution in [-0.4, -0.2) is 25.3 Å². The molecular formula is C14H15NO4. The number of carboxylic acids is 1. The number of aryl methyl sites for hydroxylation is 1. The second kappa shape index (κ2) is 4.68. The molecule has 0 aromatic heterocycles. The van der Waals surface area contributed by atoms with Gasteiger partial charge in [0, 0.05) is 5.39 Å². The Kier molecular flexibility index (Phi) is 3.21. The lowest BCUT2D eigenvalue weighted by Gasteiger charge is -2.13. The second-order valence-electron chi connectivity index (χ2n) is 4.21. The lowest BCUT2D eigenvalue weighted by atomic mass is 9.98. The minimum atomic E-state index is -1.04. The van der Waals surface area contributed by atoms with Gasteiger partial charge in [0.15, 0.2) is 11.5 Å². The van der Waals surface area contributed by atoms with Crippen LogP contribution in [0.3, 0.4) is 0 Å².